The maximum Gasteiger partial charge on any atom is 0.209 e. The topological polar surface area (TPSA) is 80.9 Å². The van der Waals surface area contributed by atoms with Gasteiger partial charge in [-0.15, -0.1) is 5.10 Å². The van der Waals surface area contributed by atoms with Crippen LogP contribution in [0.25, 0.3) is 0 Å². The second-order valence-corrected chi connectivity index (χ2v) is 13.2. The molecule has 1 N–H and O–H groups in total. The Balaban J connectivity index is 1.33. The maximum absolute atomic E-state index is 13.5. The minimum absolute atomic E-state index is 0.137. The molecule has 1 heterocycles. The predicted molar refractivity (Wildman–Crippen MR) is 125 cm³/mol. The summed E-state index contributed by atoms with van der Waals surface area (Å²) in [7, 11) is 1.83. The molecule has 5 rings (SSSR count). The fourth-order valence-electron chi connectivity index (χ4n) is 8.74. The fraction of sp³-hybridized carbons (Fsp3) is 0.920. The summed E-state index contributed by atoms with van der Waals surface area (Å²) in [5.41, 5.74) is 0.0362. The van der Waals surface area contributed by atoms with Gasteiger partial charge in [-0.1, -0.05) is 32.0 Å². The zero-order chi connectivity index (χ0) is 22.7. The van der Waals surface area contributed by atoms with E-state index in [-0.39, 0.29) is 11.3 Å². The van der Waals surface area contributed by atoms with Crippen LogP contribution in [0.1, 0.15) is 85.0 Å². The number of ketones is 1. The summed E-state index contributed by atoms with van der Waals surface area (Å²) in [6.07, 6.45) is 11.6. The number of fused-ring (bicyclic) bond motifs is 5. The molecule has 6 nitrogen and oxygen atoms in total. The van der Waals surface area contributed by atoms with Crippen molar-refractivity contribution in [3.63, 3.8) is 0 Å². The molecule has 1 aromatic heterocycles. The number of hydrogen-bond acceptors (Lipinski definition) is 6. The first kappa shape index (κ1) is 22.8. The van der Waals surface area contributed by atoms with Gasteiger partial charge < -0.3 is 5.11 Å². The molecule has 1 aromatic rings. The second kappa shape index (κ2) is 8.07. The van der Waals surface area contributed by atoms with E-state index in [1.54, 1.807) is 4.68 Å². The van der Waals surface area contributed by atoms with Gasteiger partial charge in [0.1, 0.15) is 5.78 Å². The number of carbonyl (C=O) groups is 1. The molecule has 8 atom stereocenters. The van der Waals surface area contributed by atoms with Crippen LogP contribution in [0.5, 0.6) is 0 Å². The molecule has 0 bridgehead atoms. The average molecular weight is 461 g/mol. The molecular weight excluding hydrogens is 420 g/mol. The Morgan fingerprint density at radius 3 is 2.59 bits per heavy atom. The first-order chi connectivity index (χ1) is 15.1. The molecule has 4 saturated carbocycles. The van der Waals surface area contributed by atoms with Gasteiger partial charge in [-0.2, -0.15) is 0 Å². The number of aryl methyl sites for hydroxylation is 1. The minimum atomic E-state index is -0.474. The molecule has 32 heavy (non-hydrogen) atoms. The molecule has 0 aliphatic heterocycles. The largest absolute Gasteiger partial charge is 0.390 e. The Labute approximate surface area is 196 Å². The van der Waals surface area contributed by atoms with Crippen molar-refractivity contribution in [1.82, 2.24) is 20.2 Å². The highest BCUT2D eigenvalue weighted by Crippen LogP contribution is 2.67. The molecule has 7 heteroatoms. The van der Waals surface area contributed by atoms with Crippen molar-refractivity contribution < 1.29 is 9.90 Å². The van der Waals surface area contributed by atoms with E-state index in [0.29, 0.717) is 28.8 Å². The highest BCUT2D eigenvalue weighted by atomic mass is 32.2. The summed E-state index contributed by atoms with van der Waals surface area (Å²) in [5.74, 6) is 3.91. The van der Waals surface area contributed by atoms with Gasteiger partial charge in [-0.3, -0.25) is 4.79 Å². The van der Waals surface area contributed by atoms with Crippen molar-refractivity contribution >= 4 is 17.5 Å². The quantitative estimate of drug-likeness (QED) is 0.658. The smallest absolute Gasteiger partial charge is 0.209 e. The van der Waals surface area contributed by atoms with Crippen molar-refractivity contribution in [1.29, 1.82) is 0 Å². The number of carbonyl (C=O) groups excluding carboxylic acids is 1. The zero-order valence-corrected chi connectivity index (χ0v) is 21.0. The summed E-state index contributed by atoms with van der Waals surface area (Å²) in [6, 6.07) is 0. The molecular formula is C25H40N4O2S. The van der Waals surface area contributed by atoms with Crippen molar-refractivity contribution in [2.24, 2.45) is 47.5 Å². The zero-order valence-electron chi connectivity index (χ0n) is 20.2. The van der Waals surface area contributed by atoms with E-state index in [4.69, 9.17) is 0 Å². The Morgan fingerprint density at radius 1 is 1.06 bits per heavy atom. The Hall–Kier alpha value is -0.950. The number of tetrazole rings is 1. The van der Waals surface area contributed by atoms with Gasteiger partial charge in [-0.25, -0.2) is 4.68 Å². The number of hydrogen-bond donors (Lipinski definition) is 1. The highest BCUT2D eigenvalue weighted by Gasteiger charge is 2.60. The van der Waals surface area contributed by atoms with Crippen LogP contribution >= 0.6 is 11.8 Å². The number of nitrogens with zero attached hydrogens (tertiary/aromatic N) is 4. The highest BCUT2D eigenvalue weighted by molar-refractivity contribution is 7.99. The van der Waals surface area contributed by atoms with Crippen LogP contribution in [0.15, 0.2) is 5.16 Å². The normalized spacial score (nSPS) is 46.1. The van der Waals surface area contributed by atoms with Crippen LogP contribution in [-0.2, 0) is 11.8 Å². The third-order valence-electron chi connectivity index (χ3n) is 10.5. The first-order valence-corrected chi connectivity index (χ1v) is 13.7. The third kappa shape index (κ3) is 3.66. The molecule has 0 aromatic carbocycles. The van der Waals surface area contributed by atoms with E-state index >= 15 is 0 Å². The van der Waals surface area contributed by atoms with Gasteiger partial charge in [-0.05, 0) is 110 Å². The van der Waals surface area contributed by atoms with Crippen molar-refractivity contribution in [2.75, 3.05) is 5.75 Å². The van der Waals surface area contributed by atoms with Gasteiger partial charge in [0, 0.05) is 13.0 Å². The molecule has 0 saturated heterocycles. The maximum atomic E-state index is 13.5. The number of thioether (sulfide) groups is 1. The molecule has 0 radical (unpaired) electrons. The Bertz CT molecular complexity index is 872. The summed E-state index contributed by atoms with van der Waals surface area (Å²) in [5, 5.41) is 23.1. The van der Waals surface area contributed by atoms with E-state index in [1.807, 2.05) is 14.0 Å². The molecule has 0 amide bonds. The monoisotopic (exact) mass is 460 g/mol. The van der Waals surface area contributed by atoms with Gasteiger partial charge in [0.25, 0.3) is 0 Å². The van der Waals surface area contributed by atoms with Crippen LogP contribution in [0.2, 0.25) is 0 Å². The minimum Gasteiger partial charge on any atom is -0.390 e. The van der Waals surface area contributed by atoms with Crippen LogP contribution < -0.4 is 0 Å². The third-order valence-corrected chi connectivity index (χ3v) is 11.5. The standard InChI is InChI=1S/C25H40N4O2S/c1-23(31)12-13-24(2)16(14-23)8-9-17-18-6-5-7-20(25(18,3)11-10-19(17)24)21(30)15-32-22-26-27-28-29(22)4/h16-20,31H,5-15H2,1-4H3/t16-,17-,18?,19-,20+,23+,24-,25-/m0/s1. The van der Waals surface area contributed by atoms with E-state index in [1.165, 1.54) is 56.7 Å². The lowest BCUT2D eigenvalue weighted by Crippen LogP contribution is -2.58. The molecule has 1 unspecified atom stereocenters. The lowest BCUT2D eigenvalue weighted by molar-refractivity contribution is -0.168. The molecule has 4 aliphatic rings. The van der Waals surface area contributed by atoms with E-state index < -0.39 is 5.60 Å². The van der Waals surface area contributed by atoms with Gasteiger partial charge in [0.15, 0.2) is 0 Å². The molecule has 178 valence electrons. The second-order valence-electron chi connectivity index (χ2n) is 12.2. The number of aromatic nitrogens is 4. The van der Waals surface area contributed by atoms with Gasteiger partial charge >= 0.3 is 0 Å². The molecule has 4 aliphatic carbocycles. The van der Waals surface area contributed by atoms with E-state index in [0.717, 1.165) is 36.3 Å². The van der Waals surface area contributed by atoms with Gasteiger partial charge in [0.05, 0.1) is 11.4 Å². The number of rotatable bonds is 4. The van der Waals surface area contributed by atoms with E-state index in [2.05, 4.69) is 29.4 Å². The van der Waals surface area contributed by atoms with Crippen molar-refractivity contribution in [3.05, 3.63) is 0 Å². The van der Waals surface area contributed by atoms with Crippen LogP contribution in [0.4, 0.5) is 0 Å². The summed E-state index contributed by atoms with van der Waals surface area (Å²) in [4.78, 5) is 13.5. The lowest BCUT2D eigenvalue weighted by atomic mass is 9.41. The van der Waals surface area contributed by atoms with Crippen molar-refractivity contribution in [2.45, 2.75) is 95.7 Å². The summed E-state index contributed by atoms with van der Waals surface area (Å²) in [6.45, 7) is 7.04. The Morgan fingerprint density at radius 2 is 1.84 bits per heavy atom. The summed E-state index contributed by atoms with van der Waals surface area (Å²) >= 11 is 1.48. The lowest BCUT2D eigenvalue weighted by Gasteiger charge is -2.64. The average Bonchev–Trinajstić information content (AvgIpc) is 3.16. The number of aliphatic hydroxyl groups is 1. The van der Waals surface area contributed by atoms with Crippen LogP contribution in [0.3, 0.4) is 0 Å². The van der Waals surface area contributed by atoms with Crippen LogP contribution in [-0.4, -0.2) is 42.5 Å². The fourth-order valence-corrected chi connectivity index (χ4v) is 9.53. The summed E-state index contributed by atoms with van der Waals surface area (Å²) < 4.78 is 1.65. The Kier molecular flexibility index (Phi) is 5.76. The predicted octanol–water partition coefficient (Wildman–Crippen LogP) is 4.67. The van der Waals surface area contributed by atoms with Crippen LogP contribution in [0, 0.1) is 40.4 Å². The first-order valence-electron chi connectivity index (χ1n) is 12.7. The van der Waals surface area contributed by atoms with E-state index in [9.17, 15) is 9.90 Å². The molecule has 4 fully saturated rings. The SMILES string of the molecule is Cn1nnnc1SCC(=O)[C@H]1CCCC2[C@@H]3CC[C@H]4C[C@](C)(O)CC[C@]4(C)[C@H]3CC[C@@]21C. The number of Topliss-reactive ketones (excluding diaryl/α,β-unsaturated/α-hetero) is 1. The van der Waals surface area contributed by atoms with Crippen molar-refractivity contribution in [3.8, 4) is 0 Å². The van der Waals surface area contributed by atoms with Gasteiger partial charge in [0.2, 0.25) is 5.16 Å². The molecule has 0 spiro atoms.